The van der Waals surface area contributed by atoms with Crippen molar-refractivity contribution in [3.8, 4) is 0 Å². The van der Waals surface area contributed by atoms with Gasteiger partial charge in [0.2, 0.25) is 0 Å². The Morgan fingerprint density at radius 3 is 0.841 bits per heavy atom. The van der Waals surface area contributed by atoms with Gasteiger partial charge < -0.3 is 14.2 Å². The van der Waals surface area contributed by atoms with Crippen molar-refractivity contribution in [3.05, 3.63) is 36.5 Å². The van der Waals surface area contributed by atoms with Crippen LogP contribution in [0.25, 0.3) is 0 Å². The lowest BCUT2D eigenvalue weighted by molar-refractivity contribution is -0.167. The average Bonchev–Trinajstić information content (AvgIpc) is 3.35. The summed E-state index contributed by atoms with van der Waals surface area (Å²) in [4.78, 5) is 38.2. The summed E-state index contributed by atoms with van der Waals surface area (Å²) in [5, 5.41) is 0. The van der Waals surface area contributed by atoms with Gasteiger partial charge in [0.25, 0.3) is 0 Å². The number of unbranched alkanes of at least 4 members (excludes halogenated alkanes) is 39. The molecule has 1 unspecified atom stereocenters. The van der Waals surface area contributed by atoms with Crippen LogP contribution in [0.4, 0.5) is 0 Å². The van der Waals surface area contributed by atoms with Crippen molar-refractivity contribution in [2.45, 2.75) is 335 Å². The van der Waals surface area contributed by atoms with Crippen LogP contribution >= 0.6 is 0 Å². The molecule has 0 bridgehead atoms. The molecular formula is C63H116O6. The molecule has 0 amide bonds. The van der Waals surface area contributed by atoms with E-state index in [1.54, 1.807) is 0 Å². The molecule has 0 aliphatic carbocycles. The van der Waals surface area contributed by atoms with Crippen LogP contribution in [0.2, 0.25) is 0 Å². The molecule has 0 rings (SSSR count). The van der Waals surface area contributed by atoms with Gasteiger partial charge in [0, 0.05) is 19.3 Å². The maximum atomic E-state index is 12.9. The first-order valence-corrected chi connectivity index (χ1v) is 30.5. The summed E-state index contributed by atoms with van der Waals surface area (Å²) in [6.45, 7) is 6.64. The van der Waals surface area contributed by atoms with E-state index in [-0.39, 0.29) is 31.1 Å². The number of carbonyl (C=O) groups is 3. The van der Waals surface area contributed by atoms with E-state index in [9.17, 15) is 14.4 Å². The van der Waals surface area contributed by atoms with Crippen molar-refractivity contribution in [3.63, 3.8) is 0 Å². The SMILES string of the molecule is CCCCC/C=C\C/C=C\CCCCCCCCCC(=O)OC(COC(=O)CCCCCCC/C=C\CCCCCCC)COC(=O)CCCCCCCCCCCCCCCCCCCCCC. The first kappa shape index (κ1) is 66.6. The number of hydrogen-bond donors (Lipinski definition) is 0. The van der Waals surface area contributed by atoms with E-state index < -0.39 is 6.10 Å². The topological polar surface area (TPSA) is 78.9 Å². The molecule has 0 saturated carbocycles. The van der Waals surface area contributed by atoms with Crippen molar-refractivity contribution >= 4 is 17.9 Å². The fourth-order valence-electron chi connectivity index (χ4n) is 9.00. The largest absolute Gasteiger partial charge is 0.462 e. The molecule has 6 heteroatoms. The van der Waals surface area contributed by atoms with Gasteiger partial charge in [-0.2, -0.15) is 0 Å². The van der Waals surface area contributed by atoms with Gasteiger partial charge in [0.1, 0.15) is 13.2 Å². The second-order valence-corrected chi connectivity index (χ2v) is 20.6. The second kappa shape index (κ2) is 58.2. The summed E-state index contributed by atoms with van der Waals surface area (Å²) in [5.74, 6) is -0.871. The third-order valence-corrected chi connectivity index (χ3v) is 13.6. The summed E-state index contributed by atoms with van der Waals surface area (Å²) in [6.07, 6.45) is 69.9. The summed E-state index contributed by atoms with van der Waals surface area (Å²) in [5.41, 5.74) is 0. The van der Waals surface area contributed by atoms with E-state index in [0.717, 1.165) is 77.0 Å². The summed E-state index contributed by atoms with van der Waals surface area (Å²) < 4.78 is 16.9. The van der Waals surface area contributed by atoms with Crippen molar-refractivity contribution < 1.29 is 28.6 Å². The minimum absolute atomic E-state index is 0.0741. The predicted molar refractivity (Wildman–Crippen MR) is 298 cm³/mol. The highest BCUT2D eigenvalue weighted by Gasteiger charge is 2.19. The lowest BCUT2D eigenvalue weighted by Gasteiger charge is -2.18. The lowest BCUT2D eigenvalue weighted by Crippen LogP contribution is -2.30. The lowest BCUT2D eigenvalue weighted by atomic mass is 10.0. The second-order valence-electron chi connectivity index (χ2n) is 20.6. The zero-order valence-electron chi connectivity index (χ0n) is 46.3. The first-order valence-electron chi connectivity index (χ1n) is 30.5. The predicted octanol–water partition coefficient (Wildman–Crippen LogP) is 20.4. The van der Waals surface area contributed by atoms with Gasteiger partial charge in [0.05, 0.1) is 0 Å². The van der Waals surface area contributed by atoms with Crippen LogP contribution in [0.3, 0.4) is 0 Å². The zero-order chi connectivity index (χ0) is 50.0. The fourth-order valence-corrected chi connectivity index (χ4v) is 9.00. The quantitative estimate of drug-likeness (QED) is 0.0261. The van der Waals surface area contributed by atoms with E-state index in [1.165, 1.54) is 212 Å². The third kappa shape index (κ3) is 56.4. The molecule has 0 N–H and O–H groups in total. The van der Waals surface area contributed by atoms with Crippen LogP contribution in [0.1, 0.15) is 329 Å². The van der Waals surface area contributed by atoms with Gasteiger partial charge in [-0.15, -0.1) is 0 Å². The van der Waals surface area contributed by atoms with E-state index in [2.05, 4.69) is 57.2 Å². The Bertz CT molecular complexity index is 1160. The van der Waals surface area contributed by atoms with Crippen LogP contribution < -0.4 is 0 Å². The van der Waals surface area contributed by atoms with Gasteiger partial charge >= 0.3 is 17.9 Å². The van der Waals surface area contributed by atoms with Crippen molar-refractivity contribution in [1.82, 2.24) is 0 Å². The maximum absolute atomic E-state index is 12.9. The van der Waals surface area contributed by atoms with Crippen molar-refractivity contribution in [2.75, 3.05) is 13.2 Å². The standard InChI is InChI=1S/C63H116O6/c1-4-7-10-13-16-19-22-25-28-30-31-32-34-35-38-41-44-47-50-53-56-62(65)68-59-60(58-67-61(64)55-52-49-46-43-40-37-27-24-21-18-15-12-9-6-3)69-63(66)57-54-51-48-45-42-39-36-33-29-26-23-20-17-14-11-8-5-2/h17,20,24,26-27,29,60H,4-16,18-19,21-23,25,28,30-59H2,1-3H3/b20-17-,27-24-,29-26-. The normalized spacial score (nSPS) is 12.2. The molecule has 0 aromatic heterocycles. The Morgan fingerprint density at radius 1 is 0.290 bits per heavy atom. The summed E-state index contributed by atoms with van der Waals surface area (Å²) in [6, 6.07) is 0. The fraction of sp³-hybridized carbons (Fsp3) is 0.857. The van der Waals surface area contributed by atoms with E-state index in [4.69, 9.17) is 14.2 Å². The van der Waals surface area contributed by atoms with E-state index >= 15 is 0 Å². The minimum atomic E-state index is -0.777. The van der Waals surface area contributed by atoms with Crippen LogP contribution in [0, 0.1) is 0 Å². The molecule has 6 nitrogen and oxygen atoms in total. The Labute approximate surface area is 429 Å². The molecule has 69 heavy (non-hydrogen) atoms. The maximum Gasteiger partial charge on any atom is 0.306 e. The molecule has 0 spiro atoms. The summed E-state index contributed by atoms with van der Waals surface area (Å²) >= 11 is 0. The van der Waals surface area contributed by atoms with Gasteiger partial charge in [-0.05, 0) is 77.0 Å². The zero-order valence-corrected chi connectivity index (χ0v) is 46.3. The van der Waals surface area contributed by atoms with Gasteiger partial charge in [-0.25, -0.2) is 0 Å². The molecule has 0 aromatic rings. The molecule has 0 aliphatic heterocycles. The number of rotatable bonds is 56. The van der Waals surface area contributed by atoms with Crippen molar-refractivity contribution in [2.24, 2.45) is 0 Å². The van der Waals surface area contributed by atoms with E-state index in [1.807, 2.05) is 0 Å². The monoisotopic (exact) mass is 969 g/mol. The highest BCUT2D eigenvalue weighted by atomic mass is 16.6. The van der Waals surface area contributed by atoms with Crippen LogP contribution in [-0.2, 0) is 28.6 Å². The first-order chi connectivity index (χ1) is 34.0. The Balaban J connectivity index is 4.32. The Hall–Kier alpha value is -2.37. The third-order valence-electron chi connectivity index (χ3n) is 13.6. The minimum Gasteiger partial charge on any atom is -0.462 e. The molecule has 0 heterocycles. The van der Waals surface area contributed by atoms with Gasteiger partial charge in [-0.1, -0.05) is 269 Å². The highest BCUT2D eigenvalue weighted by Crippen LogP contribution is 2.17. The Morgan fingerprint density at radius 2 is 0.522 bits per heavy atom. The molecule has 0 fully saturated rings. The summed E-state index contributed by atoms with van der Waals surface area (Å²) in [7, 11) is 0. The van der Waals surface area contributed by atoms with Crippen molar-refractivity contribution in [1.29, 1.82) is 0 Å². The smallest absolute Gasteiger partial charge is 0.306 e. The molecule has 0 saturated heterocycles. The molecular weight excluding hydrogens is 853 g/mol. The van der Waals surface area contributed by atoms with E-state index in [0.29, 0.717) is 19.3 Å². The molecule has 404 valence electrons. The number of hydrogen-bond acceptors (Lipinski definition) is 6. The number of allylic oxidation sites excluding steroid dienone is 6. The average molecular weight is 970 g/mol. The molecule has 0 aliphatic rings. The molecule has 0 aromatic carbocycles. The van der Waals surface area contributed by atoms with Crippen LogP contribution in [0.5, 0.6) is 0 Å². The number of esters is 3. The molecule has 0 radical (unpaired) electrons. The number of carbonyl (C=O) groups excluding carboxylic acids is 3. The Kier molecular flexibility index (Phi) is 56.2. The van der Waals surface area contributed by atoms with Gasteiger partial charge in [-0.3, -0.25) is 14.4 Å². The molecule has 1 atom stereocenters. The highest BCUT2D eigenvalue weighted by molar-refractivity contribution is 5.71. The number of ether oxygens (including phenoxy) is 3. The van der Waals surface area contributed by atoms with Gasteiger partial charge in [0.15, 0.2) is 6.10 Å². The van der Waals surface area contributed by atoms with Crippen LogP contribution in [-0.4, -0.2) is 37.2 Å². The van der Waals surface area contributed by atoms with Crippen LogP contribution in [0.15, 0.2) is 36.5 Å².